The van der Waals surface area contributed by atoms with Gasteiger partial charge >= 0.3 is 0 Å². The third-order valence-corrected chi connectivity index (χ3v) is 3.93. The first kappa shape index (κ1) is 15.4. The SMILES string of the molecule is [CH2]CC/C=C/c1ccc(SCCCCCC)cc1. The lowest BCUT2D eigenvalue weighted by Gasteiger charge is -2.02. The van der Waals surface area contributed by atoms with Gasteiger partial charge in [-0.15, -0.1) is 11.8 Å². The van der Waals surface area contributed by atoms with Crippen LogP contribution in [-0.4, -0.2) is 5.75 Å². The molecule has 0 saturated heterocycles. The van der Waals surface area contributed by atoms with Crippen LogP contribution in [0.1, 0.15) is 51.0 Å². The first-order chi connectivity index (χ1) is 8.86. The van der Waals surface area contributed by atoms with Gasteiger partial charge in [0.25, 0.3) is 0 Å². The zero-order valence-electron chi connectivity index (χ0n) is 11.5. The van der Waals surface area contributed by atoms with Crippen molar-refractivity contribution in [2.24, 2.45) is 0 Å². The lowest BCUT2D eigenvalue weighted by molar-refractivity contribution is 0.706. The molecule has 1 rings (SSSR count). The molecule has 0 bridgehead atoms. The summed E-state index contributed by atoms with van der Waals surface area (Å²) in [6.07, 6.45) is 11.8. The van der Waals surface area contributed by atoms with Crippen molar-refractivity contribution in [3.8, 4) is 0 Å². The van der Waals surface area contributed by atoms with Crippen LogP contribution in [0.25, 0.3) is 6.08 Å². The summed E-state index contributed by atoms with van der Waals surface area (Å²) in [5.74, 6) is 1.25. The fraction of sp³-hybridized carbons (Fsp3) is 0.471. The zero-order chi connectivity index (χ0) is 13.1. The summed E-state index contributed by atoms with van der Waals surface area (Å²) >= 11 is 1.97. The van der Waals surface area contributed by atoms with Gasteiger partial charge in [-0.3, -0.25) is 0 Å². The van der Waals surface area contributed by atoms with Crippen molar-refractivity contribution in [2.75, 3.05) is 5.75 Å². The zero-order valence-corrected chi connectivity index (χ0v) is 12.3. The monoisotopic (exact) mass is 261 g/mol. The summed E-state index contributed by atoms with van der Waals surface area (Å²) in [7, 11) is 0. The largest absolute Gasteiger partial charge is 0.126 e. The van der Waals surface area contributed by atoms with E-state index in [1.165, 1.54) is 41.9 Å². The summed E-state index contributed by atoms with van der Waals surface area (Å²) in [6, 6.07) is 8.87. The van der Waals surface area contributed by atoms with Gasteiger partial charge in [0.05, 0.1) is 0 Å². The number of benzene rings is 1. The third-order valence-electron chi connectivity index (χ3n) is 2.83. The fourth-order valence-corrected chi connectivity index (χ4v) is 2.64. The van der Waals surface area contributed by atoms with Crippen LogP contribution in [0.2, 0.25) is 0 Å². The molecule has 0 unspecified atom stereocenters. The Morgan fingerprint density at radius 3 is 2.56 bits per heavy atom. The summed E-state index contributed by atoms with van der Waals surface area (Å²) in [6.45, 7) is 6.09. The molecule has 1 aromatic carbocycles. The summed E-state index contributed by atoms with van der Waals surface area (Å²) in [4.78, 5) is 1.39. The standard InChI is InChI=1S/C17H25S/c1-3-5-7-9-15-18-17-13-11-16(12-14-17)10-8-6-4-2/h8,10-14H,2-7,9,15H2,1H3/b10-8+. The van der Waals surface area contributed by atoms with Crippen LogP contribution in [-0.2, 0) is 0 Å². The molecule has 0 aromatic heterocycles. The van der Waals surface area contributed by atoms with Gasteiger partial charge < -0.3 is 0 Å². The Hall–Kier alpha value is -0.690. The second-order valence-corrected chi connectivity index (χ2v) is 5.69. The predicted octanol–water partition coefficient (Wildman–Crippen LogP) is 5.99. The van der Waals surface area contributed by atoms with Crippen LogP contribution >= 0.6 is 11.8 Å². The average Bonchev–Trinajstić information content (AvgIpc) is 2.40. The third kappa shape index (κ3) is 6.90. The van der Waals surface area contributed by atoms with E-state index in [1.54, 1.807) is 0 Å². The van der Waals surface area contributed by atoms with Crippen molar-refractivity contribution in [2.45, 2.75) is 50.3 Å². The summed E-state index contributed by atoms with van der Waals surface area (Å²) in [5, 5.41) is 0. The lowest BCUT2D eigenvalue weighted by atomic mass is 10.2. The van der Waals surface area contributed by atoms with Crippen LogP contribution in [0, 0.1) is 6.92 Å². The highest BCUT2D eigenvalue weighted by Gasteiger charge is 1.94. The van der Waals surface area contributed by atoms with Gasteiger partial charge in [-0.25, -0.2) is 0 Å². The molecule has 99 valence electrons. The maximum atomic E-state index is 3.83. The smallest absolute Gasteiger partial charge is 0.00723 e. The van der Waals surface area contributed by atoms with Gasteiger partial charge in [0.1, 0.15) is 0 Å². The van der Waals surface area contributed by atoms with Crippen molar-refractivity contribution >= 4 is 17.8 Å². The first-order valence-electron chi connectivity index (χ1n) is 7.05. The first-order valence-corrected chi connectivity index (χ1v) is 8.04. The van der Waals surface area contributed by atoms with E-state index in [0.717, 1.165) is 12.8 Å². The minimum Gasteiger partial charge on any atom is -0.126 e. The number of unbranched alkanes of at least 4 members (excludes halogenated alkanes) is 4. The second-order valence-electron chi connectivity index (χ2n) is 4.52. The van der Waals surface area contributed by atoms with Crippen molar-refractivity contribution in [1.29, 1.82) is 0 Å². The molecule has 0 atom stereocenters. The molecule has 0 saturated carbocycles. The molecule has 0 spiro atoms. The van der Waals surface area contributed by atoms with Crippen LogP contribution in [0.5, 0.6) is 0 Å². The highest BCUT2D eigenvalue weighted by Crippen LogP contribution is 2.20. The molecule has 0 nitrogen and oxygen atoms in total. The van der Waals surface area contributed by atoms with E-state index in [2.05, 4.69) is 50.3 Å². The number of thioether (sulfide) groups is 1. The summed E-state index contributed by atoms with van der Waals surface area (Å²) in [5.41, 5.74) is 1.29. The molecule has 0 aliphatic rings. The van der Waals surface area contributed by atoms with E-state index in [4.69, 9.17) is 0 Å². The molecular formula is C17H25S. The Labute approximate surface area is 117 Å². The normalized spacial score (nSPS) is 11.2. The molecule has 0 aliphatic carbocycles. The fourth-order valence-electron chi connectivity index (χ4n) is 1.73. The van der Waals surface area contributed by atoms with Crippen molar-refractivity contribution in [3.63, 3.8) is 0 Å². The maximum absolute atomic E-state index is 3.83. The van der Waals surface area contributed by atoms with E-state index < -0.39 is 0 Å². The van der Waals surface area contributed by atoms with E-state index in [1.807, 2.05) is 11.8 Å². The van der Waals surface area contributed by atoms with Gasteiger partial charge in [0.2, 0.25) is 0 Å². The van der Waals surface area contributed by atoms with Gasteiger partial charge in [-0.05, 0) is 42.7 Å². The van der Waals surface area contributed by atoms with Gasteiger partial charge in [-0.1, -0.05) is 57.4 Å². The van der Waals surface area contributed by atoms with Gasteiger partial charge in [-0.2, -0.15) is 0 Å². The number of hydrogen-bond acceptors (Lipinski definition) is 1. The second kappa shape index (κ2) is 10.3. The van der Waals surface area contributed by atoms with Crippen molar-refractivity contribution in [3.05, 3.63) is 42.8 Å². The van der Waals surface area contributed by atoms with E-state index in [-0.39, 0.29) is 0 Å². The van der Waals surface area contributed by atoms with Crippen LogP contribution < -0.4 is 0 Å². The highest BCUT2D eigenvalue weighted by atomic mass is 32.2. The Morgan fingerprint density at radius 2 is 1.89 bits per heavy atom. The molecule has 18 heavy (non-hydrogen) atoms. The van der Waals surface area contributed by atoms with Gasteiger partial charge in [0.15, 0.2) is 0 Å². The molecule has 1 radical (unpaired) electrons. The van der Waals surface area contributed by atoms with Crippen molar-refractivity contribution < 1.29 is 0 Å². The average molecular weight is 261 g/mol. The number of rotatable bonds is 9. The lowest BCUT2D eigenvalue weighted by Crippen LogP contribution is -1.81. The van der Waals surface area contributed by atoms with Crippen LogP contribution in [0.15, 0.2) is 35.2 Å². The Bertz CT molecular complexity index is 324. The molecule has 0 amide bonds. The van der Waals surface area contributed by atoms with Gasteiger partial charge in [0, 0.05) is 4.90 Å². The number of allylic oxidation sites excluding steroid dienone is 1. The minimum absolute atomic E-state index is 0.974. The highest BCUT2D eigenvalue weighted by molar-refractivity contribution is 7.99. The Kier molecular flexibility index (Phi) is 8.75. The van der Waals surface area contributed by atoms with E-state index >= 15 is 0 Å². The minimum atomic E-state index is 0.974. The van der Waals surface area contributed by atoms with E-state index in [9.17, 15) is 0 Å². The molecule has 0 N–H and O–H groups in total. The maximum Gasteiger partial charge on any atom is 0.00723 e. The predicted molar refractivity (Wildman–Crippen MR) is 84.9 cm³/mol. The summed E-state index contributed by atoms with van der Waals surface area (Å²) < 4.78 is 0. The molecule has 1 heteroatoms. The van der Waals surface area contributed by atoms with E-state index in [0.29, 0.717) is 0 Å². The molecule has 1 aromatic rings. The Balaban J connectivity index is 2.27. The quantitative estimate of drug-likeness (QED) is 0.389. The molecule has 0 aliphatic heterocycles. The number of hydrogen-bond donors (Lipinski definition) is 0. The van der Waals surface area contributed by atoms with Crippen LogP contribution in [0.4, 0.5) is 0 Å². The van der Waals surface area contributed by atoms with Crippen molar-refractivity contribution in [1.82, 2.24) is 0 Å². The topological polar surface area (TPSA) is 0 Å². The Morgan fingerprint density at radius 1 is 1.11 bits per heavy atom. The molecule has 0 fully saturated rings. The molecular weight excluding hydrogens is 236 g/mol. The van der Waals surface area contributed by atoms with Crippen LogP contribution in [0.3, 0.4) is 0 Å². The molecule has 0 heterocycles.